The quantitative estimate of drug-likeness (QED) is 0.309. The van der Waals surface area contributed by atoms with Crippen LogP contribution in [0.2, 0.25) is 0 Å². The molecule has 11 nitrogen and oxygen atoms in total. The third-order valence-corrected chi connectivity index (χ3v) is 9.98. The van der Waals surface area contributed by atoms with Gasteiger partial charge in [0.05, 0.1) is 10.6 Å². The van der Waals surface area contributed by atoms with E-state index in [0.29, 0.717) is 24.1 Å². The van der Waals surface area contributed by atoms with Crippen molar-refractivity contribution in [2.75, 3.05) is 6.54 Å². The van der Waals surface area contributed by atoms with Crippen LogP contribution in [-0.4, -0.2) is 46.7 Å². The summed E-state index contributed by atoms with van der Waals surface area (Å²) in [4.78, 5) is 16.8. The Morgan fingerprint density at radius 1 is 1.38 bits per heavy atom. The summed E-state index contributed by atoms with van der Waals surface area (Å²) in [6, 6.07) is 7.53. The highest BCUT2D eigenvalue weighted by Crippen LogP contribution is 2.42. The molecule has 0 spiro atoms. The molecule has 3 rings (SSSR count). The Morgan fingerprint density at radius 2 is 2.09 bits per heavy atom. The molecule has 0 aliphatic carbocycles. The topological polar surface area (TPSA) is 160 Å². The zero-order valence-corrected chi connectivity index (χ0v) is 19.6. The normalized spacial score (nSPS) is 20.6. The number of amides is 1. The highest BCUT2D eigenvalue weighted by atomic mass is 32.3. The molecule has 1 aliphatic heterocycles. The van der Waals surface area contributed by atoms with Gasteiger partial charge >= 0.3 is 6.09 Å². The summed E-state index contributed by atoms with van der Waals surface area (Å²) < 4.78 is 45.8. The number of fused-ring (bicyclic) bond motifs is 1. The summed E-state index contributed by atoms with van der Waals surface area (Å²) in [7, 11) is -3.54. The van der Waals surface area contributed by atoms with Crippen molar-refractivity contribution in [1.82, 2.24) is 15.4 Å². The van der Waals surface area contributed by atoms with Gasteiger partial charge in [-0.15, -0.1) is 4.72 Å². The van der Waals surface area contributed by atoms with Gasteiger partial charge in [-0.05, 0) is 26.0 Å². The summed E-state index contributed by atoms with van der Waals surface area (Å²) in [5.41, 5.74) is 0.871. The largest absolute Gasteiger partial charge is 0.587 e. The van der Waals surface area contributed by atoms with Gasteiger partial charge in [0.2, 0.25) is 4.21 Å². The number of benzene rings is 1. The second kappa shape index (κ2) is 10.5. The van der Waals surface area contributed by atoms with Gasteiger partial charge in [-0.3, -0.25) is 10.4 Å². The van der Waals surface area contributed by atoms with Crippen LogP contribution in [0.3, 0.4) is 0 Å². The van der Waals surface area contributed by atoms with Crippen LogP contribution in [0.5, 0.6) is 5.75 Å². The Morgan fingerprint density at radius 3 is 2.78 bits per heavy atom. The minimum atomic E-state index is -3.54. The van der Waals surface area contributed by atoms with E-state index in [1.165, 1.54) is 18.2 Å². The van der Waals surface area contributed by atoms with Crippen molar-refractivity contribution in [3.63, 3.8) is 0 Å². The number of nitrogens with one attached hydrogen (secondary N) is 2. The molecule has 1 aliphatic rings. The van der Waals surface area contributed by atoms with Gasteiger partial charge in [0.25, 0.3) is 0 Å². The number of hydrogen-bond donors (Lipinski definition) is 4. The number of thiophene rings is 1. The van der Waals surface area contributed by atoms with E-state index in [-0.39, 0.29) is 26.8 Å². The molecule has 0 radical (unpaired) electrons. The molecule has 3 atom stereocenters. The molecular weight excluding hydrogens is 482 g/mol. The number of sulfone groups is 1. The molecule has 2 aromatic rings. The highest BCUT2D eigenvalue weighted by Gasteiger charge is 2.40. The number of ether oxygens (including phenoxy) is 1. The smallest absolute Gasteiger partial charge is 0.454 e. The minimum Gasteiger partial charge on any atom is -0.587 e. The summed E-state index contributed by atoms with van der Waals surface area (Å²) in [6.07, 6.45) is -0.633. The average molecular weight is 506 g/mol. The molecule has 176 valence electrons. The predicted molar refractivity (Wildman–Crippen MR) is 114 cm³/mol. The van der Waals surface area contributed by atoms with Crippen LogP contribution in [0.25, 0.3) is 0 Å². The zero-order valence-electron chi connectivity index (χ0n) is 17.2. The molecule has 0 fully saturated rings. The summed E-state index contributed by atoms with van der Waals surface area (Å²) in [6.45, 7) is 3.89. The lowest BCUT2D eigenvalue weighted by Crippen LogP contribution is -2.33. The van der Waals surface area contributed by atoms with Crippen molar-refractivity contribution < 1.29 is 37.8 Å². The van der Waals surface area contributed by atoms with Crippen LogP contribution in [-0.2, 0) is 32.6 Å². The first-order valence-corrected chi connectivity index (χ1v) is 13.0. The van der Waals surface area contributed by atoms with Gasteiger partial charge < -0.3 is 14.6 Å². The minimum absolute atomic E-state index is 0.0536. The van der Waals surface area contributed by atoms with E-state index in [0.717, 1.165) is 11.3 Å². The maximum absolute atomic E-state index is 12.7. The summed E-state index contributed by atoms with van der Waals surface area (Å²) in [5.74, 6) is 0.0536. The van der Waals surface area contributed by atoms with Crippen LogP contribution in [0.4, 0.5) is 4.79 Å². The zero-order chi connectivity index (χ0) is 23.5. The molecule has 2 heterocycles. The van der Waals surface area contributed by atoms with Gasteiger partial charge in [0.15, 0.2) is 9.84 Å². The molecule has 0 bridgehead atoms. The molecule has 2 unspecified atom stereocenters. The number of nitrogens with zero attached hydrogens (tertiary/aromatic N) is 1. The number of hydrogen-bond acceptors (Lipinski definition) is 11. The first-order valence-electron chi connectivity index (χ1n) is 9.53. The van der Waals surface area contributed by atoms with Gasteiger partial charge in [-0.2, -0.15) is 0 Å². The molecule has 1 amide bonds. The summed E-state index contributed by atoms with van der Waals surface area (Å²) in [5, 5.41) is 19.5. The Labute approximate surface area is 192 Å². The number of para-hydroxylation sites is 1. The monoisotopic (exact) mass is 505 g/mol. The molecular formula is C18H23N3O8S3. The first kappa shape index (κ1) is 24.9. The van der Waals surface area contributed by atoms with Gasteiger partial charge in [0.1, 0.15) is 27.9 Å². The van der Waals surface area contributed by atoms with Crippen LogP contribution in [0.15, 0.2) is 38.8 Å². The third-order valence-electron chi connectivity index (χ3n) is 4.75. The lowest BCUT2D eigenvalue weighted by atomic mass is 10.1. The standard InChI is InChI=1S/C18H23N3O8S3/c1-3-19-14-8-11(2)32(26,27)17-13(14)9-16(30-17)31(25)20-18(22)29-15-7-5-4-6-12(15)10-28-21(23)24/h4-7,9,11,14,19,23-24H,3,8,10H2,1-2H3,(H,20,22)/t11?,14-,31?/m0/s1. The van der Waals surface area contributed by atoms with Crippen molar-refractivity contribution in [3.8, 4) is 5.75 Å². The Hall–Kier alpha value is -1.75. The molecule has 32 heavy (non-hydrogen) atoms. The maximum Gasteiger partial charge on any atom is 0.454 e. The maximum atomic E-state index is 12.7. The van der Waals surface area contributed by atoms with Crippen molar-refractivity contribution in [1.29, 1.82) is 0 Å². The van der Waals surface area contributed by atoms with Crippen LogP contribution in [0, 0.1) is 0 Å². The van der Waals surface area contributed by atoms with Gasteiger partial charge in [0, 0.05) is 23.2 Å². The number of carbonyl (C=O) groups excluding carboxylic acids is 1. The molecule has 0 saturated heterocycles. The van der Waals surface area contributed by atoms with E-state index < -0.39 is 37.9 Å². The van der Waals surface area contributed by atoms with Crippen molar-refractivity contribution >= 4 is 38.6 Å². The lowest BCUT2D eigenvalue weighted by molar-refractivity contribution is -0.497. The summed E-state index contributed by atoms with van der Waals surface area (Å²) >= 11 is -1.18. The van der Waals surface area contributed by atoms with Crippen LogP contribution in [0.1, 0.15) is 37.4 Å². The second-order valence-electron chi connectivity index (χ2n) is 6.90. The highest BCUT2D eigenvalue weighted by molar-refractivity contribution is 7.95. The third kappa shape index (κ3) is 5.59. The lowest BCUT2D eigenvalue weighted by Gasteiger charge is -2.27. The van der Waals surface area contributed by atoms with E-state index >= 15 is 0 Å². The predicted octanol–water partition coefficient (Wildman–Crippen LogP) is 2.29. The van der Waals surface area contributed by atoms with Gasteiger partial charge in [-0.1, -0.05) is 36.5 Å². The van der Waals surface area contributed by atoms with E-state index in [4.69, 9.17) is 15.2 Å². The van der Waals surface area contributed by atoms with E-state index in [1.54, 1.807) is 19.1 Å². The fourth-order valence-corrected chi connectivity index (χ4v) is 7.85. The van der Waals surface area contributed by atoms with Crippen LogP contribution < -0.4 is 14.8 Å². The number of rotatable bonds is 8. The van der Waals surface area contributed by atoms with Crippen molar-refractivity contribution in [2.45, 2.75) is 46.6 Å². The first-order chi connectivity index (χ1) is 15.1. The van der Waals surface area contributed by atoms with E-state index in [9.17, 15) is 17.8 Å². The molecule has 1 aromatic carbocycles. The Balaban J connectivity index is 1.74. The fraction of sp³-hybridized carbons (Fsp3) is 0.389. The molecule has 0 saturated carbocycles. The average Bonchev–Trinajstić information content (AvgIpc) is 3.19. The Kier molecular flexibility index (Phi) is 8.13. The van der Waals surface area contributed by atoms with Gasteiger partial charge in [-0.25, -0.2) is 18.0 Å². The van der Waals surface area contributed by atoms with E-state index in [1.807, 2.05) is 6.92 Å². The SMILES string of the molecule is CCN[C@H]1CC(C)S(=O)(=O)c2sc([S+]([O-])NC(=O)Oc3ccccc3CON(O)O)cc21. The Bertz CT molecular complexity index is 1060. The number of carbonyl (C=O) groups is 1. The molecule has 4 N–H and O–H groups in total. The molecule has 14 heteroatoms. The van der Waals surface area contributed by atoms with Crippen molar-refractivity contribution in [2.24, 2.45) is 0 Å². The fourth-order valence-electron chi connectivity index (χ4n) is 3.23. The van der Waals surface area contributed by atoms with Crippen LogP contribution >= 0.6 is 11.3 Å². The second-order valence-corrected chi connectivity index (χ2v) is 12.0. The molecule has 1 aromatic heterocycles. The van der Waals surface area contributed by atoms with E-state index in [2.05, 4.69) is 14.9 Å². The van der Waals surface area contributed by atoms with Crippen molar-refractivity contribution in [3.05, 3.63) is 41.5 Å².